The van der Waals surface area contributed by atoms with Crippen LogP contribution >= 0.6 is 0 Å². The summed E-state index contributed by atoms with van der Waals surface area (Å²) in [6, 6.07) is -0.270. The van der Waals surface area contributed by atoms with E-state index in [-0.39, 0.29) is 18.6 Å². The maximum absolute atomic E-state index is 12.2. The van der Waals surface area contributed by atoms with Crippen molar-refractivity contribution in [2.24, 2.45) is 0 Å². The molecule has 0 atom stereocenters. The zero-order valence-corrected chi connectivity index (χ0v) is 12.6. The lowest BCUT2D eigenvalue weighted by molar-refractivity contribution is -0.138. The summed E-state index contributed by atoms with van der Waals surface area (Å²) in [5.74, 6) is -0.976. The molecule has 1 saturated carbocycles. The zero-order valence-electron chi connectivity index (χ0n) is 12.6. The van der Waals surface area contributed by atoms with E-state index in [2.05, 4.69) is 5.32 Å². The summed E-state index contributed by atoms with van der Waals surface area (Å²) in [5.41, 5.74) is -0.449. The fourth-order valence-corrected chi connectivity index (χ4v) is 2.56. The zero-order chi connectivity index (χ0) is 15.2. The first kappa shape index (κ1) is 16.8. The molecule has 2 N–H and O–H groups in total. The lowest BCUT2D eigenvalue weighted by Crippen LogP contribution is -2.51. The van der Waals surface area contributed by atoms with Crippen molar-refractivity contribution in [2.75, 3.05) is 19.7 Å². The second-order valence-electron chi connectivity index (χ2n) is 5.81. The normalized spacial score (nSPS) is 16.1. The Balaban J connectivity index is 2.56. The van der Waals surface area contributed by atoms with Crippen molar-refractivity contribution in [3.63, 3.8) is 0 Å². The predicted octanol–water partition coefficient (Wildman–Crippen LogP) is 1.84. The molecule has 0 aromatic heterocycles. The monoisotopic (exact) mass is 286 g/mol. The number of nitrogens with zero attached hydrogens (tertiary/aromatic N) is 1. The average Bonchev–Trinajstić information content (AvgIpc) is 2.86. The lowest BCUT2D eigenvalue weighted by atomic mass is 10.1. The van der Waals surface area contributed by atoms with Gasteiger partial charge in [0.1, 0.15) is 6.54 Å². The van der Waals surface area contributed by atoms with Gasteiger partial charge in [0.05, 0.1) is 5.60 Å². The number of hydrogen-bond acceptors (Lipinski definition) is 3. The molecule has 2 amide bonds. The van der Waals surface area contributed by atoms with Gasteiger partial charge in [-0.3, -0.25) is 4.79 Å². The lowest BCUT2D eigenvalue weighted by Gasteiger charge is -2.30. The topological polar surface area (TPSA) is 78.9 Å². The first-order valence-electron chi connectivity index (χ1n) is 7.26. The van der Waals surface area contributed by atoms with E-state index in [0.29, 0.717) is 13.2 Å². The highest BCUT2D eigenvalue weighted by Crippen LogP contribution is 2.23. The minimum Gasteiger partial charge on any atom is -0.480 e. The van der Waals surface area contributed by atoms with E-state index >= 15 is 0 Å². The highest BCUT2D eigenvalue weighted by atomic mass is 16.5. The van der Waals surface area contributed by atoms with Gasteiger partial charge in [-0.05, 0) is 33.6 Å². The van der Waals surface area contributed by atoms with Crippen LogP contribution in [0.25, 0.3) is 0 Å². The summed E-state index contributed by atoms with van der Waals surface area (Å²) in [4.78, 5) is 24.6. The number of amides is 2. The van der Waals surface area contributed by atoms with E-state index in [1.165, 1.54) is 4.90 Å². The van der Waals surface area contributed by atoms with Crippen LogP contribution in [0.2, 0.25) is 0 Å². The van der Waals surface area contributed by atoms with E-state index in [4.69, 9.17) is 9.84 Å². The van der Waals surface area contributed by atoms with Gasteiger partial charge < -0.3 is 20.1 Å². The molecule has 0 unspecified atom stereocenters. The summed E-state index contributed by atoms with van der Waals surface area (Å²) >= 11 is 0. The molecular formula is C14H26N2O4. The van der Waals surface area contributed by atoms with Crippen molar-refractivity contribution < 1.29 is 19.4 Å². The van der Waals surface area contributed by atoms with Gasteiger partial charge in [0.25, 0.3) is 0 Å². The number of nitrogens with one attached hydrogen (secondary N) is 1. The van der Waals surface area contributed by atoms with Crippen molar-refractivity contribution in [3.8, 4) is 0 Å². The van der Waals surface area contributed by atoms with Crippen LogP contribution in [0.15, 0.2) is 0 Å². The standard InChI is InChI=1S/C14H26N2O4/c1-4-20-14(2,3)10-15-13(19)16(9-12(17)18)11-7-5-6-8-11/h11H,4-10H2,1-3H3,(H,15,19)(H,17,18). The van der Waals surface area contributed by atoms with Crippen LogP contribution in [-0.2, 0) is 9.53 Å². The Labute approximate surface area is 120 Å². The van der Waals surface area contributed by atoms with Crippen LogP contribution in [0.5, 0.6) is 0 Å². The third-order valence-electron chi connectivity index (χ3n) is 3.53. The highest BCUT2D eigenvalue weighted by Gasteiger charge is 2.29. The first-order chi connectivity index (χ1) is 9.35. The van der Waals surface area contributed by atoms with Gasteiger partial charge in [0, 0.05) is 19.2 Å². The average molecular weight is 286 g/mol. The maximum Gasteiger partial charge on any atom is 0.323 e. The van der Waals surface area contributed by atoms with Crippen LogP contribution in [-0.4, -0.2) is 53.3 Å². The predicted molar refractivity (Wildman–Crippen MR) is 75.7 cm³/mol. The van der Waals surface area contributed by atoms with Crippen molar-refractivity contribution in [1.82, 2.24) is 10.2 Å². The van der Waals surface area contributed by atoms with E-state index < -0.39 is 11.6 Å². The van der Waals surface area contributed by atoms with Crippen LogP contribution in [0, 0.1) is 0 Å². The number of ether oxygens (including phenoxy) is 1. The molecule has 1 aliphatic rings. The minimum absolute atomic E-state index is 0.0429. The smallest absolute Gasteiger partial charge is 0.323 e. The van der Waals surface area contributed by atoms with Gasteiger partial charge in [-0.1, -0.05) is 12.8 Å². The Kier molecular flexibility index (Phi) is 6.26. The maximum atomic E-state index is 12.2. The van der Waals surface area contributed by atoms with Crippen molar-refractivity contribution in [1.29, 1.82) is 0 Å². The Hall–Kier alpha value is -1.30. The summed E-state index contributed by atoms with van der Waals surface area (Å²) < 4.78 is 5.52. The SMILES string of the molecule is CCOC(C)(C)CNC(=O)N(CC(=O)O)C1CCCC1. The molecule has 0 aromatic carbocycles. The molecule has 0 aliphatic heterocycles. The number of hydrogen-bond donors (Lipinski definition) is 2. The number of carboxylic acid groups (broad SMARTS) is 1. The molecule has 1 aliphatic carbocycles. The van der Waals surface area contributed by atoms with Crippen molar-refractivity contribution in [3.05, 3.63) is 0 Å². The summed E-state index contributed by atoms with van der Waals surface area (Å²) in [7, 11) is 0. The van der Waals surface area contributed by atoms with Crippen LogP contribution < -0.4 is 5.32 Å². The van der Waals surface area contributed by atoms with E-state index in [0.717, 1.165) is 25.7 Å². The molecule has 20 heavy (non-hydrogen) atoms. The number of urea groups is 1. The van der Waals surface area contributed by atoms with Gasteiger partial charge in [-0.2, -0.15) is 0 Å². The number of aliphatic carboxylic acids is 1. The van der Waals surface area contributed by atoms with Crippen LogP contribution in [0.4, 0.5) is 4.79 Å². The summed E-state index contributed by atoms with van der Waals surface area (Å²) in [6.45, 7) is 6.39. The van der Waals surface area contributed by atoms with E-state index in [1.807, 2.05) is 20.8 Å². The highest BCUT2D eigenvalue weighted by molar-refractivity contribution is 5.80. The van der Waals surface area contributed by atoms with Gasteiger partial charge >= 0.3 is 12.0 Å². The number of carbonyl (C=O) groups is 2. The van der Waals surface area contributed by atoms with E-state index in [1.54, 1.807) is 0 Å². The molecule has 0 bridgehead atoms. The third kappa shape index (κ3) is 5.36. The van der Waals surface area contributed by atoms with Crippen LogP contribution in [0.3, 0.4) is 0 Å². The number of rotatable bonds is 7. The third-order valence-corrected chi connectivity index (χ3v) is 3.53. The molecule has 0 spiro atoms. The summed E-state index contributed by atoms with van der Waals surface area (Å²) in [6.07, 6.45) is 3.88. The molecule has 6 heteroatoms. The minimum atomic E-state index is -0.976. The molecule has 0 radical (unpaired) electrons. The molecule has 0 aromatic rings. The largest absolute Gasteiger partial charge is 0.480 e. The van der Waals surface area contributed by atoms with Gasteiger partial charge in [0.2, 0.25) is 0 Å². The summed E-state index contributed by atoms with van der Waals surface area (Å²) in [5, 5.41) is 11.7. The molecular weight excluding hydrogens is 260 g/mol. The van der Waals surface area contributed by atoms with Gasteiger partial charge in [-0.25, -0.2) is 4.79 Å². The number of carbonyl (C=O) groups excluding carboxylic acids is 1. The second-order valence-corrected chi connectivity index (χ2v) is 5.81. The fourth-order valence-electron chi connectivity index (χ4n) is 2.56. The molecule has 6 nitrogen and oxygen atoms in total. The molecule has 1 fully saturated rings. The van der Waals surface area contributed by atoms with Gasteiger partial charge in [0.15, 0.2) is 0 Å². The van der Waals surface area contributed by atoms with Gasteiger partial charge in [-0.15, -0.1) is 0 Å². The Morgan fingerprint density at radius 2 is 1.95 bits per heavy atom. The molecule has 0 heterocycles. The van der Waals surface area contributed by atoms with Crippen LogP contribution in [0.1, 0.15) is 46.5 Å². The quantitative estimate of drug-likeness (QED) is 0.748. The first-order valence-corrected chi connectivity index (χ1v) is 7.26. The molecule has 0 saturated heterocycles. The molecule has 1 rings (SSSR count). The van der Waals surface area contributed by atoms with Crippen molar-refractivity contribution in [2.45, 2.75) is 58.1 Å². The second kappa shape index (κ2) is 7.47. The van der Waals surface area contributed by atoms with E-state index in [9.17, 15) is 9.59 Å². The Bertz CT molecular complexity index is 338. The Morgan fingerprint density at radius 1 is 1.35 bits per heavy atom. The van der Waals surface area contributed by atoms with Crippen molar-refractivity contribution >= 4 is 12.0 Å². The molecule has 116 valence electrons. The fraction of sp³-hybridized carbons (Fsp3) is 0.857. The number of carboxylic acids is 1. The Morgan fingerprint density at radius 3 is 2.45 bits per heavy atom.